The largest absolute Gasteiger partial charge is 0.490 e. The Labute approximate surface area is 134 Å². The van der Waals surface area contributed by atoms with Crippen molar-refractivity contribution in [2.24, 2.45) is 0 Å². The molecule has 1 aliphatic heterocycles. The second kappa shape index (κ2) is 7.69. The van der Waals surface area contributed by atoms with E-state index in [4.69, 9.17) is 9.47 Å². The average molecular weight is 356 g/mol. The molecule has 0 saturated carbocycles. The fourth-order valence-electron chi connectivity index (χ4n) is 2.48. The predicted octanol–water partition coefficient (Wildman–Crippen LogP) is 3.48. The summed E-state index contributed by atoms with van der Waals surface area (Å²) in [4.78, 5) is 14.9. The van der Waals surface area contributed by atoms with E-state index >= 15 is 0 Å². The Morgan fingerprint density at radius 3 is 2.67 bits per heavy atom. The second-order valence-electron chi connectivity index (χ2n) is 5.02. The average Bonchev–Trinajstić information content (AvgIpc) is 2.49. The lowest BCUT2D eigenvalue weighted by Crippen LogP contribution is -2.40. The number of likely N-dealkylation sites (tertiary alicyclic amines) is 1. The minimum absolute atomic E-state index is 0.0585. The Kier molecular flexibility index (Phi) is 5.91. The molecule has 1 atom stereocenters. The van der Waals surface area contributed by atoms with Crippen LogP contribution >= 0.6 is 15.9 Å². The number of ether oxygens (including phenoxy) is 2. The molecule has 4 nitrogen and oxygen atoms in total. The first kappa shape index (κ1) is 16.1. The molecular weight excluding hydrogens is 334 g/mol. The van der Waals surface area contributed by atoms with Gasteiger partial charge in [0.1, 0.15) is 0 Å². The maximum atomic E-state index is 12.6. The zero-order chi connectivity index (χ0) is 15.2. The van der Waals surface area contributed by atoms with Crippen molar-refractivity contribution >= 4 is 21.8 Å². The lowest BCUT2D eigenvalue weighted by molar-refractivity contribution is 0.0729. The zero-order valence-electron chi connectivity index (χ0n) is 12.6. The highest BCUT2D eigenvalue weighted by Crippen LogP contribution is 2.29. The van der Waals surface area contributed by atoms with E-state index in [0.717, 1.165) is 25.9 Å². The lowest BCUT2D eigenvalue weighted by Gasteiger charge is -2.30. The first-order valence-electron chi connectivity index (χ1n) is 7.48. The summed E-state index contributed by atoms with van der Waals surface area (Å²) in [5.41, 5.74) is 0.656. The summed E-state index contributed by atoms with van der Waals surface area (Å²) < 4.78 is 11.1. The second-order valence-corrected chi connectivity index (χ2v) is 6.31. The monoisotopic (exact) mass is 355 g/mol. The van der Waals surface area contributed by atoms with Gasteiger partial charge in [0.2, 0.25) is 0 Å². The Bertz CT molecular complexity index is 492. The Balaban J connectivity index is 2.18. The van der Waals surface area contributed by atoms with Gasteiger partial charge in [0.15, 0.2) is 11.5 Å². The van der Waals surface area contributed by atoms with Gasteiger partial charge in [-0.1, -0.05) is 15.9 Å². The first-order valence-corrected chi connectivity index (χ1v) is 8.40. The highest BCUT2D eigenvalue weighted by Gasteiger charge is 2.23. The van der Waals surface area contributed by atoms with Crippen molar-refractivity contribution in [2.45, 2.75) is 31.5 Å². The molecule has 0 radical (unpaired) electrons. The van der Waals surface area contributed by atoms with E-state index < -0.39 is 0 Å². The number of benzene rings is 1. The summed E-state index contributed by atoms with van der Waals surface area (Å²) in [7, 11) is 0. The first-order chi connectivity index (χ1) is 10.2. The van der Waals surface area contributed by atoms with Crippen molar-refractivity contribution in [3.63, 3.8) is 0 Å². The summed E-state index contributed by atoms with van der Waals surface area (Å²) in [6, 6.07) is 5.42. The topological polar surface area (TPSA) is 38.8 Å². The number of carbonyl (C=O) groups excluding carboxylic acids is 1. The van der Waals surface area contributed by atoms with Crippen molar-refractivity contribution in [1.29, 1.82) is 0 Å². The van der Waals surface area contributed by atoms with E-state index in [2.05, 4.69) is 15.9 Å². The summed E-state index contributed by atoms with van der Waals surface area (Å²) in [5, 5.41) is 0. The van der Waals surface area contributed by atoms with Gasteiger partial charge < -0.3 is 14.4 Å². The van der Waals surface area contributed by atoms with Gasteiger partial charge in [0.25, 0.3) is 5.91 Å². The third-order valence-electron chi connectivity index (χ3n) is 3.44. The molecule has 5 heteroatoms. The lowest BCUT2D eigenvalue weighted by atomic mass is 10.1. The van der Waals surface area contributed by atoms with Crippen LogP contribution in [0.15, 0.2) is 18.2 Å². The standard InChI is InChI=1S/C16H22BrNO3/c1-3-20-14-8-7-12(10-15(14)21-4-2)16(19)18-9-5-6-13(17)11-18/h7-8,10,13H,3-6,9,11H2,1-2H3. The molecule has 116 valence electrons. The highest BCUT2D eigenvalue weighted by atomic mass is 79.9. The molecule has 0 aliphatic carbocycles. The number of piperidine rings is 1. The molecular formula is C16H22BrNO3. The normalized spacial score (nSPS) is 18.4. The summed E-state index contributed by atoms with van der Waals surface area (Å²) in [6.45, 7) is 6.55. The van der Waals surface area contributed by atoms with E-state index in [0.29, 0.717) is 35.1 Å². The van der Waals surface area contributed by atoms with Gasteiger partial charge in [-0.05, 0) is 44.9 Å². The maximum Gasteiger partial charge on any atom is 0.254 e. The van der Waals surface area contributed by atoms with Crippen molar-refractivity contribution in [3.8, 4) is 11.5 Å². The van der Waals surface area contributed by atoms with Crippen molar-refractivity contribution in [3.05, 3.63) is 23.8 Å². The van der Waals surface area contributed by atoms with Gasteiger partial charge in [0, 0.05) is 23.5 Å². The number of hydrogen-bond donors (Lipinski definition) is 0. The molecule has 0 bridgehead atoms. The molecule has 1 heterocycles. The van der Waals surface area contributed by atoms with Gasteiger partial charge in [-0.2, -0.15) is 0 Å². The Morgan fingerprint density at radius 1 is 1.29 bits per heavy atom. The van der Waals surface area contributed by atoms with E-state index in [9.17, 15) is 4.79 Å². The van der Waals surface area contributed by atoms with Crippen LogP contribution < -0.4 is 9.47 Å². The van der Waals surface area contributed by atoms with Crippen LogP contribution in [-0.2, 0) is 0 Å². The minimum atomic E-state index is 0.0585. The Hall–Kier alpha value is -1.23. The molecule has 1 unspecified atom stereocenters. The molecule has 1 saturated heterocycles. The molecule has 21 heavy (non-hydrogen) atoms. The minimum Gasteiger partial charge on any atom is -0.490 e. The molecule has 1 fully saturated rings. The third-order valence-corrected chi connectivity index (χ3v) is 4.19. The number of nitrogens with zero attached hydrogens (tertiary/aromatic N) is 1. The maximum absolute atomic E-state index is 12.6. The van der Waals surface area contributed by atoms with Crippen molar-refractivity contribution in [1.82, 2.24) is 4.90 Å². The van der Waals surface area contributed by atoms with E-state index in [-0.39, 0.29) is 5.91 Å². The van der Waals surface area contributed by atoms with Crippen LogP contribution in [0.3, 0.4) is 0 Å². The quantitative estimate of drug-likeness (QED) is 0.759. The van der Waals surface area contributed by atoms with Crippen molar-refractivity contribution in [2.75, 3.05) is 26.3 Å². The molecule has 1 aromatic carbocycles. The molecule has 0 spiro atoms. The molecule has 2 rings (SSSR count). The predicted molar refractivity (Wildman–Crippen MR) is 86.6 cm³/mol. The van der Waals surface area contributed by atoms with Gasteiger partial charge in [0.05, 0.1) is 13.2 Å². The fraction of sp³-hybridized carbons (Fsp3) is 0.562. The summed E-state index contributed by atoms with van der Waals surface area (Å²) >= 11 is 3.60. The van der Waals surface area contributed by atoms with Crippen LogP contribution in [-0.4, -0.2) is 41.9 Å². The number of amides is 1. The number of carbonyl (C=O) groups is 1. The van der Waals surface area contributed by atoms with Crippen LogP contribution in [0, 0.1) is 0 Å². The number of rotatable bonds is 5. The SMILES string of the molecule is CCOc1ccc(C(=O)N2CCCC(Br)C2)cc1OCC. The third kappa shape index (κ3) is 4.13. The van der Waals surface area contributed by atoms with Crippen molar-refractivity contribution < 1.29 is 14.3 Å². The Morgan fingerprint density at radius 2 is 2.00 bits per heavy atom. The van der Waals surface area contributed by atoms with E-state index in [1.165, 1.54) is 0 Å². The van der Waals surface area contributed by atoms with Gasteiger partial charge in [-0.25, -0.2) is 0 Å². The molecule has 1 amide bonds. The zero-order valence-corrected chi connectivity index (χ0v) is 14.2. The highest BCUT2D eigenvalue weighted by molar-refractivity contribution is 9.09. The van der Waals surface area contributed by atoms with Gasteiger partial charge in [-0.15, -0.1) is 0 Å². The van der Waals surface area contributed by atoms with Gasteiger partial charge in [-0.3, -0.25) is 4.79 Å². The summed E-state index contributed by atoms with van der Waals surface area (Å²) in [6.07, 6.45) is 2.16. The number of alkyl halides is 1. The van der Waals surface area contributed by atoms with Crippen LogP contribution in [0.2, 0.25) is 0 Å². The molecule has 1 aromatic rings. The van der Waals surface area contributed by atoms with Crippen LogP contribution in [0.5, 0.6) is 11.5 Å². The summed E-state index contributed by atoms with van der Waals surface area (Å²) in [5.74, 6) is 1.38. The fourth-order valence-corrected chi connectivity index (χ4v) is 3.15. The van der Waals surface area contributed by atoms with Crippen LogP contribution in [0.25, 0.3) is 0 Å². The molecule has 0 N–H and O–H groups in total. The van der Waals surface area contributed by atoms with Gasteiger partial charge >= 0.3 is 0 Å². The van der Waals surface area contributed by atoms with Crippen LogP contribution in [0.1, 0.15) is 37.0 Å². The van der Waals surface area contributed by atoms with E-state index in [1.54, 1.807) is 6.07 Å². The van der Waals surface area contributed by atoms with Crippen LogP contribution in [0.4, 0.5) is 0 Å². The molecule has 1 aliphatic rings. The molecule has 0 aromatic heterocycles. The smallest absolute Gasteiger partial charge is 0.254 e. The number of hydrogen-bond acceptors (Lipinski definition) is 3. The number of halogens is 1. The van der Waals surface area contributed by atoms with E-state index in [1.807, 2.05) is 30.9 Å².